The Hall–Kier alpha value is -3.21. The van der Waals surface area contributed by atoms with Gasteiger partial charge in [-0.05, 0) is 38.8 Å². The van der Waals surface area contributed by atoms with E-state index in [2.05, 4.69) is 4.98 Å². The smallest absolute Gasteiger partial charge is 0.416 e. The third-order valence-corrected chi connectivity index (χ3v) is 6.06. The molecule has 0 saturated carbocycles. The molecule has 190 valence electrons. The molecule has 0 unspecified atom stereocenters. The first-order chi connectivity index (χ1) is 16.6. The van der Waals surface area contributed by atoms with Gasteiger partial charge < -0.3 is 14.7 Å². The summed E-state index contributed by atoms with van der Waals surface area (Å²) in [5.41, 5.74) is -0.557. The number of aliphatic hydroxyl groups is 1. The maximum Gasteiger partial charge on any atom is 0.416 e. The second-order valence-corrected chi connectivity index (χ2v) is 8.35. The fourth-order valence-electron chi connectivity index (χ4n) is 4.14. The van der Waals surface area contributed by atoms with E-state index in [1.165, 1.54) is 12.1 Å². The number of carbonyl (C=O) groups is 2. The zero-order valence-corrected chi connectivity index (χ0v) is 19.6. The van der Waals surface area contributed by atoms with Gasteiger partial charge in [0.25, 0.3) is 5.56 Å². The van der Waals surface area contributed by atoms with Crippen molar-refractivity contribution in [2.24, 2.45) is 5.92 Å². The second-order valence-electron chi connectivity index (χ2n) is 8.35. The van der Waals surface area contributed by atoms with Gasteiger partial charge in [0.15, 0.2) is 0 Å². The quantitative estimate of drug-likeness (QED) is 0.593. The zero-order valence-electron chi connectivity index (χ0n) is 19.6. The number of alkyl halides is 3. The van der Waals surface area contributed by atoms with Crippen LogP contribution in [0.3, 0.4) is 0 Å². The minimum atomic E-state index is -4.52. The zero-order chi connectivity index (χ0) is 25.8. The van der Waals surface area contributed by atoms with Crippen LogP contribution in [0, 0.1) is 12.8 Å². The van der Waals surface area contributed by atoms with Crippen LogP contribution in [-0.2, 0) is 33.5 Å². The molecule has 1 amide bonds. The first-order valence-electron chi connectivity index (χ1n) is 11.4. The number of aryl methyl sites for hydroxylation is 1. The first-order valence-corrected chi connectivity index (χ1v) is 11.4. The van der Waals surface area contributed by atoms with E-state index in [0.29, 0.717) is 31.6 Å². The number of aliphatic hydroxyl groups excluding tert-OH is 1. The third kappa shape index (κ3) is 6.08. The molecule has 0 aliphatic carbocycles. The van der Waals surface area contributed by atoms with Crippen LogP contribution in [0.1, 0.15) is 36.6 Å². The van der Waals surface area contributed by atoms with Gasteiger partial charge in [-0.2, -0.15) is 13.2 Å². The summed E-state index contributed by atoms with van der Waals surface area (Å²) in [6, 6.07) is 4.21. The molecule has 1 saturated heterocycles. The van der Waals surface area contributed by atoms with Crippen molar-refractivity contribution in [1.82, 2.24) is 14.5 Å². The number of hydrogen-bond acceptors (Lipinski definition) is 6. The number of likely N-dealkylation sites (tertiary alicyclic amines) is 1. The molecule has 1 N–H and O–H groups in total. The van der Waals surface area contributed by atoms with Crippen molar-refractivity contribution in [3.63, 3.8) is 0 Å². The SMILES string of the molecule is CCOC(=O)C1CCN(C(=O)Cn2c(-c3ccc(C(F)(F)F)cc3)nc(C)c(CCO)c2=O)CC1. The molecule has 3 rings (SSSR count). The molecule has 11 heteroatoms. The maximum absolute atomic E-state index is 13.2. The summed E-state index contributed by atoms with van der Waals surface area (Å²) in [5, 5.41) is 9.35. The van der Waals surface area contributed by atoms with Crippen molar-refractivity contribution in [1.29, 1.82) is 0 Å². The normalized spacial score (nSPS) is 14.7. The van der Waals surface area contributed by atoms with E-state index in [4.69, 9.17) is 4.74 Å². The molecule has 0 atom stereocenters. The van der Waals surface area contributed by atoms with Gasteiger partial charge in [0.05, 0.1) is 18.1 Å². The van der Waals surface area contributed by atoms with Gasteiger partial charge in [-0.25, -0.2) is 4.98 Å². The Labute approximate surface area is 200 Å². The van der Waals surface area contributed by atoms with Crippen LogP contribution < -0.4 is 5.56 Å². The fraction of sp³-hybridized carbons (Fsp3) is 0.500. The largest absolute Gasteiger partial charge is 0.466 e. The predicted octanol–water partition coefficient (Wildman–Crippen LogP) is 2.57. The van der Waals surface area contributed by atoms with Crippen LogP contribution in [0.15, 0.2) is 29.1 Å². The van der Waals surface area contributed by atoms with Crippen molar-refractivity contribution < 1.29 is 32.6 Å². The number of piperidine rings is 1. The molecule has 1 aliphatic rings. The van der Waals surface area contributed by atoms with Gasteiger partial charge >= 0.3 is 12.1 Å². The molecule has 1 aromatic heterocycles. The second kappa shape index (κ2) is 11.0. The summed E-state index contributed by atoms with van der Waals surface area (Å²) in [7, 11) is 0. The van der Waals surface area contributed by atoms with E-state index in [0.717, 1.165) is 16.7 Å². The Balaban J connectivity index is 1.90. The average molecular weight is 495 g/mol. The highest BCUT2D eigenvalue weighted by atomic mass is 19.4. The summed E-state index contributed by atoms with van der Waals surface area (Å²) in [5.74, 6) is -0.890. The highest BCUT2D eigenvalue weighted by Crippen LogP contribution is 2.30. The summed E-state index contributed by atoms with van der Waals surface area (Å²) in [6.07, 6.45) is -3.61. The van der Waals surface area contributed by atoms with E-state index in [9.17, 15) is 32.7 Å². The highest BCUT2D eigenvalue weighted by Gasteiger charge is 2.31. The number of benzene rings is 1. The molecule has 2 heterocycles. The number of rotatable bonds is 7. The molecule has 8 nitrogen and oxygen atoms in total. The molecule has 0 radical (unpaired) electrons. The van der Waals surface area contributed by atoms with E-state index in [1.54, 1.807) is 18.7 Å². The topological polar surface area (TPSA) is 102 Å². The number of aromatic nitrogens is 2. The van der Waals surface area contributed by atoms with Gasteiger partial charge in [0, 0.05) is 42.9 Å². The number of nitrogens with zero attached hydrogens (tertiary/aromatic N) is 3. The van der Waals surface area contributed by atoms with Gasteiger partial charge in [-0.3, -0.25) is 19.0 Å². The number of esters is 1. The summed E-state index contributed by atoms with van der Waals surface area (Å²) in [6.45, 7) is 3.54. The van der Waals surface area contributed by atoms with Crippen LogP contribution in [0.25, 0.3) is 11.4 Å². The highest BCUT2D eigenvalue weighted by molar-refractivity contribution is 5.78. The van der Waals surface area contributed by atoms with Crippen LogP contribution in [0.4, 0.5) is 13.2 Å². The van der Waals surface area contributed by atoms with Gasteiger partial charge in [-0.1, -0.05) is 12.1 Å². The lowest BCUT2D eigenvalue weighted by Gasteiger charge is -2.31. The van der Waals surface area contributed by atoms with E-state index >= 15 is 0 Å². The van der Waals surface area contributed by atoms with Crippen molar-refractivity contribution >= 4 is 11.9 Å². The van der Waals surface area contributed by atoms with Crippen LogP contribution in [0.5, 0.6) is 0 Å². The molecular formula is C24H28F3N3O5. The Morgan fingerprint density at radius 2 is 1.80 bits per heavy atom. The molecular weight excluding hydrogens is 467 g/mol. The Morgan fingerprint density at radius 1 is 1.17 bits per heavy atom. The average Bonchev–Trinajstić information content (AvgIpc) is 2.83. The lowest BCUT2D eigenvalue weighted by atomic mass is 9.97. The number of amides is 1. The Bertz CT molecular complexity index is 1120. The van der Waals surface area contributed by atoms with Crippen molar-refractivity contribution in [3.05, 3.63) is 51.4 Å². The number of hydrogen-bond donors (Lipinski definition) is 1. The van der Waals surface area contributed by atoms with E-state index in [1.807, 2.05) is 0 Å². The lowest BCUT2D eigenvalue weighted by Crippen LogP contribution is -2.43. The molecule has 2 aromatic rings. The summed E-state index contributed by atoms with van der Waals surface area (Å²) in [4.78, 5) is 44.2. The van der Waals surface area contributed by atoms with Gasteiger partial charge in [-0.15, -0.1) is 0 Å². The standard InChI is InChI=1S/C24H28F3N3O5/c1-3-35-23(34)17-8-11-29(12-9-17)20(32)14-30-21(28-15(2)19(10-13-31)22(30)33)16-4-6-18(7-5-16)24(25,26)27/h4-7,17,31H,3,8-14H2,1-2H3. The van der Waals surface area contributed by atoms with Crippen LogP contribution in [0.2, 0.25) is 0 Å². The number of halogens is 3. The monoisotopic (exact) mass is 495 g/mol. The summed E-state index contributed by atoms with van der Waals surface area (Å²) < 4.78 is 45.2. The summed E-state index contributed by atoms with van der Waals surface area (Å²) >= 11 is 0. The number of carbonyl (C=O) groups excluding carboxylic acids is 2. The molecule has 1 aromatic carbocycles. The van der Waals surface area contributed by atoms with Crippen molar-refractivity contribution in [3.8, 4) is 11.4 Å². The Kier molecular flexibility index (Phi) is 8.31. The van der Waals surface area contributed by atoms with Crippen LogP contribution >= 0.6 is 0 Å². The fourth-order valence-corrected chi connectivity index (χ4v) is 4.14. The minimum Gasteiger partial charge on any atom is -0.466 e. The Morgan fingerprint density at radius 3 is 2.34 bits per heavy atom. The van der Waals surface area contributed by atoms with E-state index in [-0.39, 0.29) is 60.9 Å². The molecule has 1 fully saturated rings. The molecule has 1 aliphatic heterocycles. The van der Waals surface area contributed by atoms with Gasteiger partial charge in [0.1, 0.15) is 12.4 Å². The lowest BCUT2D eigenvalue weighted by molar-refractivity contribution is -0.151. The van der Waals surface area contributed by atoms with Gasteiger partial charge in [0.2, 0.25) is 5.91 Å². The molecule has 35 heavy (non-hydrogen) atoms. The first kappa shape index (κ1) is 26.4. The van der Waals surface area contributed by atoms with Crippen molar-refractivity contribution in [2.45, 2.75) is 45.8 Å². The minimum absolute atomic E-state index is 0.0318. The van der Waals surface area contributed by atoms with E-state index < -0.39 is 17.3 Å². The van der Waals surface area contributed by atoms with Crippen molar-refractivity contribution in [2.75, 3.05) is 26.3 Å². The molecule has 0 spiro atoms. The maximum atomic E-state index is 13.2. The third-order valence-electron chi connectivity index (χ3n) is 6.06. The predicted molar refractivity (Wildman–Crippen MR) is 120 cm³/mol. The molecule has 0 bridgehead atoms. The number of ether oxygens (including phenoxy) is 1. The van der Waals surface area contributed by atoms with Crippen LogP contribution in [-0.4, -0.2) is 57.7 Å².